The van der Waals surface area contributed by atoms with Gasteiger partial charge < -0.3 is 29.7 Å². The molecule has 59 heavy (non-hydrogen) atoms. The fraction of sp³-hybridized carbons (Fsp3) is 0.915. The minimum Gasteiger partial charge on any atom is -0.442 e. The Bertz CT molecular complexity index is 1040. The molecule has 1 heterocycles. The third-order valence-corrected chi connectivity index (χ3v) is 13.3. The highest BCUT2D eigenvalue weighted by Crippen LogP contribution is 2.52. The summed E-state index contributed by atoms with van der Waals surface area (Å²) in [5, 5.41) is 17.9. The Kier molecular flexibility index (Phi) is 36.3. The summed E-state index contributed by atoms with van der Waals surface area (Å²) in [5.74, 6) is -0.0909. The van der Waals surface area contributed by atoms with E-state index in [1.165, 1.54) is 103 Å². The lowest BCUT2D eigenvalue weighted by Crippen LogP contribution is -2.44. The number of unbranched alkanes of at least 4 members (excludes halogenated alkanes) is 23. The van der Waals surface area contributed by atoms with Gasteiger partial charge in [0, 0.05) is 31.5 Å². The van der Waals surface area contributed by atoms with E-state index in [-0.39, 0.29) is 31.0 Å². The molecule has 344 valence electrons. The Morgan fingerprint density at radius 2 is 1.12 bits per heavy atom. The molecule has 0 aromatic rings. The van der Waals surface area contributed by atoms with Gasteiger partial charge >= 0.3 is 6.09 Å². The van der Waals surface area contributed by atoms with Gasteiger partial charge in [0.2, 0.25) is 11.8 Å². The molecule has 11 nitrogen and oxygen atoms in total. The predicted molar refractivity (Wildman–Crippen MR) is 244 cm³/mol. The molecule has 1 rings (SSSR count). The van der Waals surface area contributed by atoms with E-state index in [0.29, 0.717) is 44.5 Å². The molecule has 12 heteroatoms. The molecule has 3 unspecified atom stereocenters. The van der Waals surface area contributed by atoms with Crippen LogP contribution in [0.15, 0.2) is 0 Å². The average molecular weight is 852 g/mol. The highest BCUT2D eigenvalue weighted by molar-refractivity contribution is 7.44. The number of nitrogens with one attached hydrogen (secondary N) is 3. The van der Waals surface area contributed by atoms with Crippen LogP contribution in [0.3, 0.4) is 0 Å². The quantitative estimate of drug-likeness (QED) is 0.0410. The third kappa shape index (κ3) is 31.5. The van der Waals surface area contributed by atoms with Crippen molar-refractivity contribution in [3.8, 4) is 6.07 Å². The number of carbonyl (C=O) groups is 3. The maximum absolute atomic E-state index is 12.8. The second-order valence-corrected chi connectivity index (χ2v) is 18.7. The van der Waals surface area contributed by atoms with E-state index in [2.05, 4.69) is 61.3 Å². The van der Waals surface area contributed by atoms with Crippen LogP contribution in [0.5, 0.6) is 0 Å². The predicted octanol–water partition coefficient (Wildman–Crippen LogP) is 12.3. The molecule has 0 aromatic carbocycles. The van der Waals surface area contributed by atoms with Crippen LogP contribution in [0.1, 0.15) is 227 Å². The van der Waals surface area contributed by atoms with Gasteiger partial charge in [-0.2, -0.15) is 5.26 Å². The van der Waals surface area contributed by atoms with Crippen LogP contribution in [0.25, 0.3) is 0 Å². The zero-order chi connectivity index (χ0) is 43.2. The first-order valence-electron chi connectivity index (χ1n) is 24.4. The molecule has 3 N–H and O–H groups in total. The Morgan fingerprint density at radius 1 is 0.678 bits per heavy atom. The van der Waals surface area contributed by atoms with E-state index in [9.17, 15) is 14.4 Å². The average Bonchev–Trinajstić information content (AvgIpc) is 3.20. The number of nitrogens with zero attached hydrogens (tertiary/aromatic N) is 2. The first kappa shape index (κ1) is 55.0. The molecule has 0 aromatic heterocycles. The lowest BCUT2D eigenvalue weighted by atomic mass is 10.1. The third-order valence-electron chi connectivity index (χ3n) is 11.2. The van der Waals surface area contributed by atoms with Crippen LogP contribution >= 0.6 is 8.53 Å². The summed E-state index contributed by atoms with van der Waals surface area (Å²) in [5.41, 5.74) is 0. The topological polar surface area (TPSA) is 142 Å². The Balaban J connectivity index is 2.39. The largest absolute Gasteiger partial charge is 0.442 e. The van der Waals surface area contributed by atoms with E-state index in [1.54, 1.807) is 0 Å². The normalized spacial score (nSPS) is 16.9. The van der Waals surface area contributed by atoms with Crippen molar-refractivity contribution in [2.24, 2.45) is 0 Å². The second kappa shape index (κ2) is 38.9. The van der Waals surface area contributed by atoms with Crippen LogP contribution in [0.2, 0.25) is 0 Å². The van der Waals surface area contributed by atoms with Gasteiger partial charge in [-0.25, -0.2) is 9.46 Å². The van der Waals surface area contributed by atoms with Crippen molar-refractivity contribution in [2.75, 3.05) is 26.2 Å². The summed E-state index contributed by atoms with van der Waals surface area (Å²) in [4.78, 5) is 38.2. The fourth-order valence-electron chi connectivity index (χ4n) is 7.69. The van der Waals surface area contributed by atoms with Crippen LogP contribution < -0.4 is 16.0 Å². The minimum atomic E-state index is -1.19. The molecule has 1 aliphatic rings. The van der Waals surface area contributed by atoms with Crippen molar-refractivity contribution >= 4 is 26.4 Å². The zero-order valence-corrected chi connectivity index (χ0v) is 39.5. The van der Waals surface area contributed by atoms with Gasteiger partial charge in [-0.3, -0.25) is 9.59 Å². The molecule has 1 aliphatic heterocycles. The first-order valence-corrected chi connectivity index (χ1v) is 25.6. The number of rotatable bonds is 39. The lowest BCUT2D eigenvalue weighted by Gasteiger charge is -2.43. The van der Waals surface area contributed by atoms with Crippen molar-refractivity contribution in [1.82, 2.24) is 20.6 Å². The minimum absolute atomic E-state index is 0.0455. The van der Waals surface area contributed by atoms with Crippen molar-refractivity contribution in [3.63, 3.8) is 0 Å². The number of hydrogen-bond acceptors (Lipinski definition) is 8. The van der Waals surface area contributed by atoms with Gasteiger partial charge in [-0.1, -0.05) is 155 Å². The number of ether oxygens (including phenoxy) is 1. The number of hydrogen-bond donors (Lipinski definition) is 3. The van der Waals surface area contributed by atoms with Crippen LogP contribution in [-0.4, -0.2) is 73.1 Å². The zero-order valence-electron chi connectivity index (χ0n) is 38.6. The number of amides is 3. The molecule has 0 spiro atoms. The summed E-state index contributed by atoms with van der Waals surface area (Å²) >= 11 is 0. The molecule has 3 atom stereocenters. The van der Waals surface area contributed by atoms with Gasteiger partial charge in [-0.15, -0.1) is 0 Å². The molecule has 0 aliphatic carbocycles. The Labute approximate surface area is 363 Å². The van der Waals surface area contributed by atoms with E-state index < -0.39 is 20.7 Å². The Morgan fingerprint density at radius 3 is 1.58 bits per heavy atom. The molecular formula is C47H90N5O6P. The van der Waals surface area contributed by atoms with Gasteiger partial charge in [0.1, 0.15) is 6.10 Å². The van der Waals surface area contributed by atoms with E-state index in [0.717, 1.165) is 70.6 Å². The highest BCUT2D eigenvalue weighted by Gasteiger charge is 2.37. The summed E-state index contributed by atoms with van der Waals surface area (Å²) in [6.07, 6.45) is 31.5. The van der Waals surface area contributed by atoms with Crippen molar-refractivity contribution < 1.29 is 28.2 Å². The van der Waals surface area contributed by atoms with Crippen molar-refractivity contribution in [2.45, 2.75) is 252 Å². The standard InChI is InChI=1S/C47H90N5O6P/c1-6-8-10-12-14-16-18-20-22-24-28-32-45(53)50-39-44(40-51-46(54)33-29-25-23-21-19-17-15-13-11-9-7-2)57-47(55)49-36-30-26-27-31-37-56-59-52(41(3)4)42(5)38-43(58-59)34-35-48/h41-44H,6-34,36-40H2,1-5H3,(H,49,55)(H,50,53)(H,51,54). The number of carbonyl (C=O) groups excluding carboxylic acids is 3. The van der Waals surface area contributed by atoms with Crippen LogP contribution in [-0.2, 0) is 23.4 Å². The second-order valence-electron chi connectivity index (χ2n) is 17.3. The van der Waals surface area contributed by atoms with Gasteiger partial charge in [0.05, 0.1) is 38.3 Å². The van der Waals surface area contributed by atoms with Gasteiger partial charge in [0.25, 0.3) is 8.53 Å². The van der Waals surface area contributed by atoms with E-state index in [4.69, 9.17) is 19.0 Å². The summed E-state index contributed by atoms with van der Waals surface area (Å²) < 4.78 is 20.4. The molecule has 3 amide bonds. The smallest absolute Gasteiger partial charge is 0.407 e. The fourth-order valence-corrected chi connectivity index (χ4v) is 9.48. The monoisotopic (exact) mass is 852 g/mol. The molecular weight excluding hydrogens is 762 g/mol. The number of nitriles is 1. The van der Waals surface area contributed by atoms with Crippen LogP contribution in [0, 0.1) is 11.3 Å². The lowest BCUT2D eigenvalue weighted by molar-refractivity contribution is -0.121. The van der Waals surface area contributed by atoms with Crippen molar-refractivity contribution in [1.29, 1.82) is 5.26 Å². The molecule has 0 radical (unpaired) electrons. The van der Waals surface area contributed by atoms with Crippen molar-refractivity contribution in [3.05, 3.63) is 0 Å². The SMILES string of the molecule is CCCCCCCCCCCCCC(=O)NCC(CNC(=O)CCCCCCCCCCCCC)OC(=O)NCCCCCCOP1OC(CC#N)CC(C)N1C(C)C. The number of alkyl carbamates (subject to hydrolysis) is 1. The maximum Gasteiger partial charge on any atom is 0.407 e. The molecule has 1 saturated heterocycles. The Hall–Kier alpha value is -1.99. The molecule has 1 fully saturated rings. The van der Waals surface area contributed by atoms with Gasteiger partial charge in [0.15, 0.2) is 0 Å². The summed E-state index contributed by atoms with van der Waals surface area (Å²) in [6, 6.07) is 2.85. The van der Waals surface area contributed by atoms with E-state index >= 15 is 0 Å². The molecule has 0 bridgehead atoms. The summed E-state index contributed by atoms with van der Waals surface area (Å²) in [6.45, 7) is 12.4. The highest BCUT2D eigenvalue weighted by atomic mass is 31.2. The first-order chi connectivity index (χ1) is 28.7. The van der Waals surface area contributed by atoms with E-state index in [1.807, 2.05) is 0 Å². The van der Waals surface area contributed by atoms with Crippen LogP contribution in [0.4, 0.5) is 4.79 Å². The summed E-state index contributed by atoms with van der Waals surface area (Å²) in [7, 11) is -1.19. The molecule has 0 saturated carbocycles. The maximum atomic E-state index is 12.8. The van der Waals surface area contributed by atoms with Gasteiger partial charge in [-0.05, 0) is 52.9 Å².